The molecule has 3 rings (SSSR count). The number of hydrogen-bond donors (Lipinski definition) is 2. The van der Waals surface area contributed by atoms with Crippen molar-refractivity contribution in [2.75, 3.05) is 5.32 Å². The van der Waals surface area contributed by atoms with E-state index in [1.54, 1.807) is 24.4 Å². The van der Waals surface area contributed by atoms with E-state index in [4.69, 9.17) is 10.5 Å². The number of aliphatic imine (C=N–C) groups is 1. The second kappa shape index (κ2) is 8.31. The van der Waals surface area contributed by atoms with Gasteiger partial charge in [0.05, 0.1) is 6.54 Å². The molecule has 1 aromatic heterocycles. The van der Waals surface area contributed by atoms with Crippen molar-refractivity contribution in [3.8, 4) is 11.6 Å². The predicted molar refractivity (Wildman–Crippen MR) is 106 cm³/mol. The summed E-state index contributed by atoms with van der Waals surface area (Å²) in [5.74, 6) is 0.979. The molecule has 5 nitrogen and oxygen atoms in total. The summed E-state index contributed by atoms with van der Waals surface area (Å²) in [6.45, 7) is 4.51. The van der Waals surface area contributed by atoms with Gasteiger partial charge in [0.15, 0.2) is 5.96 Å². The van der Waals surface area contributed by atoms with E-state index in [1.165, 1.54) is 23.3 Å². The molecule has 0 radical (unpaired) electrons. The quantitative estimate of drug-likeness (QED) is 0.514. The Balaban J connectivity index is 1.57. The molecule has 2 aromatic carbocycles. The second-order valence-corrected chi connectivity index (χ2v) is 6.19. The second-order valence-electron chi connectivity index (χ2n) is 6.19. The molecule has 0 saturated carbocycles. The van der Waals surface area contributed by atoms with E-state index in [-0.39, 0.29) is 5.82 Å². The fourth-order valence-electron chi connectivity index (χ4n) is 2.37. The van der Waals surface area contributed by atoms with E-state index in [0.29, 0.717) is 24.1 Å². The number of guanidine groups is 1. The van der Waals surface area contributed by atoms with Crippen molar-refractivity contribution in [1.82, 2.24) is 4.98 Å². The monoisotopic (exact) mass is 364 g/mol. The summed E-state index contributed by atoms with van der Waals surface area (Å²) < 4.78 is 18.5. The average molecular weight is 364 g/mol. The molecule has 0 aliphatic heterocycles. The molecule has 0 aliphatic carbocycles. The highest BCUT2D eigenvalue weighted by Gasteiger charge is 2.01. The Bertz CT molecular complexity index is 937. The highest BCUT2D eigenvalue weighted by Crippen LogP contribution is 2.19. The van der Waals surface area contributed by atoms with Gasteiger partial charge < -0.3 is 15.8 Å². The van der Waals surface area contributed by atoms with Crippen LogP contribution in [0.25, 0.3) is 0 Å². The molecule has 0 atom stereocenters. The Labute approximate surface area is 157 Å². The minimum Gasteiger partial charge on any atom is -0.439 e. The number of rotatable bonds is 5. The number of nitrogens with one attached hydrogen (secondary N) is 1. The molecule has 0 bridgehead atoms. The lowest BCUT2D eigenvalue weighted by Gasteiger charge is -2.08. The number of nitrogens with zero attached hydrogens (tertiary/aromatic N) is 2. The maximum atomic E-state index is 12.9. The summed E-state index contributed by atoms with van der Waals surface area (Å²) in [6, 6.07) is 15.4. The lowest BCUT2D eigenvalue weighted by Crippen LogP contribution is -2.22. The van der Waals surface area contributed by atoms with Crippen LogP contribution in [0.3, 0.4) is 0 Å². The van der Waals surface area contributed by atoms with Crippen molar-refractivity contribution in [1.29, 1.82) is 0 Å². The lowest BCUT2D eigenvalue weighted by molar-refractivity contribution is 0.461. The molecule has 0 amide bonds. The van der Waals surface area contributed by atoms with Crippen molar-refractivity contribution in [2.24, 2.45) is 10.7 Å². The van der Waals surface area contributed by atoms with Gasteiger partial charge in [-0.15, -0.1) is 0 Å². The molecule has 3 N–H and O–H groups in total. The first-order valence-corrected chi connectivity index (χ1v) is 8.52. The van der Waals surface area contributed by atoms with Gasteiger partial charge in [0.25, 0.3) is 0 Å². The van der Waals surface area contributed by atoms with E-state index in [2.05, 4.69) is 29.1 Å². The molecule has 0 unspecified atom stereocenters. The van der Waals surface area contributed by atoms with E-state index in [0.717, 1.165) is 11.3 Å². The molecular formula is C21H21FN4O. The summed E-state index contributed by atoms with van der Waals surface area (Å²) in [4.78, 5) is 8.56. The van der Waals surface area contributed by atoms with Crippen LogP contribution in [0.4, 0.5) is 10.1 Å². The summed E-state index contributed by atoms with van der Waals surface area (Å²) in [7, 11) is 0. The Hall–Kier alpha value is -3.41. The van der Waals surface area contributed by atoms with Crippen LogP contribution in [0.2, 0.25) is 0 Å². The van der Waals surface area contributed by atoms with Crippen LogP contribution >= 0.6 is 0 Å². The number of halogens is 1. The molecule has 3 aromatic rings. The van der Waals surface area contributed by atoms with Crippen LogP contribution in [0.5, 0.6) is 11.6 Å². The van der Waals surface area contributed by atoms with E-state index >= 15 is 0 Å². The molecule has 0 spiro atoms. The number of ether oxygens (including phenoxy) is 1. The van der Waals surface area contributed by atoms with Crippen LogP contribution in [0.1, 0.15) is 16.7 Å². The number of aromatic nitrogens is 1. The minimum absolute atomic E-state index is 0.310. The first-order chi connectivity index (χ1) is 13.0. The molecule has 1 heterocycles. The van der Waals surface area contributed by atoms with Gasteiger partial charge in [-0.3, -0.25) is 0 Å². The standard InChI is InChI=1S/C21H21FN4O/c1-14-3-7-18(11-15(14)2)26-21(23)25-13-16-4-10-20(24-12-16)27-19-8-5-17(22)6-9-19/h3-12H,13H2,1-2H3,(H3,23,25,26). The molecule has 0 saturated heterocycles. The number of nitrogens with two attached hydrogens (primary N) is 1. The van der Waals surface area contributed by atoms with Crippen LogP contribution in [-0.4, -0.2) is 10.9 Å². The fourth-order valence-corrected chi connectivity index (χ4v) is 2.37. The molecular weight excluding hydrogens is 343 g/mol. The summed E-state index contributed by atoms with van der Waals surface area (Å²) >= 11 is 0. The van der Waals surface area contributed by atoms with Gasteiger partial charge in [0.1, 0.15) is 11.6 Å². The lowest BCUT2D eigenvalue weighted by atomic mass is 10.1. The highest BCUT2D eigenvalue weighted by atomic mass is 19.1. The van der Waals surface area contributed by atoms with Crippen molar-refractivity contribution in [2.45, 2.75) is 20.4 Å². The zero-order chi connectivity index (χ0) is 19.2. The molecule has 138 valence electrons. The van der Waals surface area contributed by atoms with Crippen molar-refractivity contribution in [3.63, 3.8) is 0 Å². The first-order valence-electron chi connectivity index (χ1n) is 8.52. The van der Waals surface area contributed by atoms with Gasteiger partial charge in [0.2, 0.25) is 5.88 Å². The topological polar surface area (TPSA) is 72.5 Å². The normalized spacial score (nSPS) is 11.3. The van der Waals surface area contributed by atoms with Gasteiger partial charge in [-0.1, -0.05) is 12.1 Å². The molecule has 6 heteroatoms. The number of benzene rings is 2. The van der Waals surface area contributed by atoms with Crippen molar-refractivity contribution >= 4 is 11.6 Å². The minimum atomic E-state index is -0.310. The Morgan fingerprint density at radius 1 is 1.07 bits per heavy atom. The van der Waals surface area contributed by atoms with Gasteiger partial charge in [-0.25, -0.2) is 14.4 Å². The zero-order valence-corrected chi connectivity index (χ0v) is 15.2. The number of aryl methyl sites for hydroxylation is 2. The van der Waals surface area contributed by atoms with Gasteiger partial charge in [-0.2, -0.15) is 0 Å². The third-order valence-corrected chi connectivity index (χ3v) is 4.04. The molecule has 0 fully saturated rings. The van der Waals surface area contributed by atoms with Crippen molar-refractivity contribution in [3.05, 3.63) is 83.3 Å². The van der Waals surface area contributed by atoms with Gasteiger partial charge >= 0.3 is 0 Å². The number of anilines is 1. The first kappa shape index (κ1) is 18.4. The maximum Gasteiger partial charge on any atom is 0.219 e. The number of hydrogen-bond acceptors (Lipinski definition) is 3. The van der Waals surface area contributed by atoms with Crippen LogP contribution in [-0.2, 0) is 6.54 Å². The molecule has 27 heavy (non-hydrogen) atoms. The Morgan fingerprint density at radius 2 is 1.85 bits per heavy atom. The summed E-state index contributed by atoms with van der Waals surface area (Å²) in [5.41, 5.74) is 10.2. The largest absolute Gasteiger partial charge is 0.439 e. The van der Waals surface area contributed by atoms with Crippen molar-refractivity contribution < 1.29 is 9.13 Å². The molecule has 0 aliphatic rings. The van der Waals surface area contributed by atoms with E-state index < -0.39 is 0 Å². The third kappa shape index (κ3) is 5.28. The van der Waals surface area contributed by atoms with Crippen LogP contribution < -0.4 is 15.8 Å². The zero-order valence-electron chi connectivity index (χ0n) is 15.2. The third-order valence-electron chi connectivity index (χ3n) is 4.04. The van der Waals surface area contributed by atoms with E-state index in [1.807, 2.05) is 24.3 Å². The smallest absolute Gasteiger partial charge is 0.219 e. The van der Waals surface area contributed by atoms with E-state index in [9.17, 15) is 4.39 Å². The summed E-state index contributed by atoms with van der Waals surface area (Å²) in [6.07, 6.45) is 1.67. The average Bonchev–Trinajstić information content (AvgIpc) is 2.66. The highest BCUT2D eigenvalue weighted by molar-refractivity contribution is 5.92. The SMILES string of the molecule is Cc1ccc(NC(N)=NCc2ccc(Oc3ccc(F)cc3)nc2)cc1C. The Kier molecular flexibility index (Phi) is 5.66. The van der Waals surface area contributed by atoms with Crippen LogP contribution in [0, 0.1) is 19.7 Å². The maximum absolute atomic E-state index is 12.9. The predicted octanol–water partition coefficient (Wildman–Crippen LogP) is 4.56. The van der Waals surface area contributed by atoms with Gasteiger partial charge in [0, 0.05) is 18.0 Å². The number of pyridine rings is 1. The summed E-state index contributed by atoms with van der Waals surface area (Å²) in [5, 5.41) is 3.08. The Morgan fingerprint density at radius 3 is 2.52 bits per heavy atom. The van der Waals surface area contributed by atoms with Crippen LogP contribution in [0.15, 0.2) is 65.8 Å². The fraction of sp³-hybridized carbons (Fsp3) is 0.143. The van der Waals surface area contributed by atoms with Gasteiger partial charge in [-0.05, 0) is 66.9 Å².